The molecule has 0 fully saturated rings. The van der Waals surface area contributed by atoms with Crippen LogP contribution in [0.5, 0.6) is 5.75 Å². The third kappa shape index (κ3) is 6.01. The molecule has 5 heteroatoms. The number of para-hydroxylation sites is 1. The average molecular weight is 354 g/mol. The fourth-order valence-corrected chi connectivity index (χ4v) is 2.69. The summed E-state index contributed by atoms with van der Waals surface area (Å²) >= 11 is 0. The van der Waals surface area contributed by atoms with Gasteiger partial charge in [0.2, 0.25) is 0 Å². The van der Waals surface area contributed by atoms with Crippen molar-refractivity contribution in [1.29, 1.82) is 0 Å². The minimum atomic E-state index is -0.286. The molecule has 0 heterocycles. The van der Waals surface area contributed by atoms with E-state index in [-0.39, 0.29) is 24.1 Å². The minimum absolute atomic E-state index is 0.130. The van der Waals surface area contributed by atoms with E-state index in [2.05, 4.69) is 29.7 Å². The van der Waals surface area contributed by atoms with E-state index in [1.807, 2.05) is 32.0 Å². The first-order chi connectivity index (χ1) is 12.4. The molecule has 0 saturated heterocycles. The van der Waals surface area contributed by atoms with E-state index in [9.17, 15) is 9.59 Å². The van der Waals surface area contributed by atoms with Crippen molar-refractivity contribution in [2.24, 2.45) is 0 Å². The van der Waals surface area contributed by atoms with Gasteiger partial charge in [0.05, 0.1) is 5.56 Å². The number of carbonyl (C=O) groups excluding carboxylic acids is 2. The summed E-state index contributed by atoms with van der Waals surface area (Å²) in [5, 5.41) is 6.39. The standard InChI is InChI=1S/C21H26N2O3/c1-16(17-9-5-4-6-10-17)23-21(2,3)15-22-20(25)14-26-19-12-8-7-11-18(19)13-24/h4-13,16,23H,14-15H2,1-3H3,(H,22,25). The van der Waals surface area contributed by atoms with Crippen LogP contribution in [0, 0.1) is 0 Å². The van der Waals surface area contributed by atoms with E-state index < -0.39 is 0 Å². The van der Waals surface area contributed by atoms with E-state index in [0.29, 0.717) is 24.1 Å². The summed E-state index contributed by atoms with van der Waals surface area (Å²) in [6, 6.07) is 17.2. The topological polar surface area (TPSA) is 67.4 Å². The number of rotatable bonds is 9. The Kier molecular flexibility index (Phi) is 6.92. The highest BCUT2D eigenvalue weighted by Crippen LogP contribution is 2.16. The van der Waals surface area contributed by atoms with E-state index in [1.54, 1.807) is 24.3 Å². The predicted molar refractivity (Wildman–Crippen MR) is 102 cm³/mol. The molecule has 2 rings (SSSR count). The highest BCUT2D eigenvalue weighted by Gasteiger charge is 2.21. The summed E-state index contributed by atoms with van der Waals surface area (Å²) in [5.41, 5.74) is 1.34. The number of carbonyl (C=O) groups is 2. The predicted octanol–water partition coefficient (Wildman–Crippen LogP) is 3.12. The van der Waals surface area contributed by atoms with Crippen molar-refractivity contribution in [1.82, 2.24) is 10.6 Å². The van der Waals surface area contributed by atoms with Crippen LogP contribution in [0.2, 0.25) is 0 Å². The van der Waals surface area contributed by atoms with E-state index in [1.165, 1.54) is 5.56 Å². The van der Waals surface area contributed by atoms with Crippen molar-refractivity contribution < 1.29 is 14.3 Å². The first-order valence-corrected chi connectivity index (χ1v) is 8.67. The Labute approximate surface area is 154 Å². The molecular formula is C21H26N2O3. The molecule has 26 heavy (non-hydrogen) atoms. The van der Waals surface area contributed by atoms with Crippen LogP contribution in [0.4, 0.5) is 0 Å². The SMILES string of the molecule is CC(NC(C)(C)CNC(=O)COc1ccccc1C=O)c1ccccc1. The molecule has 0 aliphatic heterocycles. The molecule has 1 unspecified atom stereocenters. The van der Waals surface area contributed by atoms with Gasteiger partial charge in [0.1, 0.15) is 5.75 Å². The fraction of sp³-hybridized carbons (Fsp3) is 0.333. The zero-order valence-electron chi connectivity index (χ0n) is 15.5. The molecule has 1 amide bonds. The summed E-state index contributed by atoms with van der Waals surface area (Å²) in [4.78, 5) is 23.0. The number of ether oxygens (including phenoxy) is 1. The summed E-state index contributed by atoms with van der Waals surface area (Å²) < 4.78 is 5.44. The van der Waals surface area contributed by atoms with Crippen molar-refractivity contribution in [2.75, 3.05) is 13.2 Å². The largest absolute Gasteiger partial charge is 0.483 e. The molecule has 0 spiro atoms. The molecule has 138 valence electrons. The minimum Gasteiger partial charge on any atom is -0.483 e. The summed E-state index contributed by atoms with van der Waals surface area (Å²) in [6.45, 7) is 6.50. The van der Waals surface area contributed by atoms with Crippen LogP contribution < -0.4 is 15.4 Å². The van der Waals surface area contributed by atoms with E-state index >= 15 is 0 Å². The van der Waals surface area contributed by atoms with E-state index in [4.69, 9.17) is 4.74 Å². The number of amides is 1. The molecule has 0 aliphatic carbocycles. The number of hydrogen-bond donors (Lipinski definition) is 2. The van der Waals surface area contributed by atoms with Crippen LogP contribution in [0.1, 0.15) is 42.7 Å². The zero-order valence-corrected chi connectivity index (χ0v) is 15.5. The lowest BCUT2D eigenvalue weighted by Gasteiger charge is -2.30. The highest BCUT2D eigenvalue weighted by atomic mass is 16.5. The van der Waals surface area contributed by atoms with Gasteiger partial charge >= 0.3 is 0 Å². The van der Waals surface area contributed by atoms with Crippen molar-refractivity contribution in [3.63, 3.8) is 0 Å². The second-order valence-electron chi connectivity index (χ2n) is 6.88. The van der Waals surface area contributed by atoms with Crippen molar-refractivity contribution >= 4 is 12.2 Å². The Hall–Kier alpha value is -2.66. The molecule has 5 nitrogen and oxygen atoms in total. The first kappa shape index (κ1) is 19.7. The molecule has 0 radical (unpaired) electrons. The first-order valence-electron chi connectivity index (χ1n) is 8.67. The van der Waals surface area contributed by atoms with Gasteiger partial charge in [0, 0.05) is 18.1 Å². The van der Waals surface area contributed by atoms with Crippen molar-refractivity contribution in [3.05, 3.63) is 65.7 Å². The maximum atomic E-state index is 12.1. The maximum Gasteiger partial charge on any atom is 0.258 e. The van der Waals surface area contributed by atoms with Gasteiger partial charge in [-0.25, -0.2) is 0 Å². The number of hydrogen-bond acceptors (Lipinski definition) is 4. The Bertz CT molecular complexity index is 729. The van der Waals surface area contributed by atoms with Crippen molar-refractivity contribution in [2.45, 2.75) is 32.4 Å². The molecule has 1 atom stereocenters. The third-order valence-electron chi connectivity index (χ3n) is 4.04. The number of aldehydes is 1. The summed E-state index contributed by atoms with van der Waals surface area (Å²) in [5.74, 6) is 0.181. The van der Waals surface area contributed by atoms with E-state index in [0.717, 1.165) is 0 Å². The van der Waals surface area contributed by atoms with Gasteiger partial charge in [-0.05, 0) is 38.5 Å². The molecular weight excluding hydrogens is 328 g/mol. The second-order valence-corrected chi connectivity index (χ2v) is 6.88. The summed E-state index contributed by atoms with van der Waals surface area (Å²) in [7, 11) is 0. The monoisotopic (exact) mass is 354 g/mol. The third-order valence-corrected chi connectivity index (χ3v) is 4.04. The van der Waals surface area contributed by atoms with Crippen molar-refractivity contribution in [3.8, 4) is 5.75 Å². The number of benzene rings is 2. The maximum absolute atomic E-state index is 12.1. The van der Waals surface area contributed by atoms with Gasteiger partial charge in [-0.1, -0.05) is 42.5 Å². The fourth-order valence-electron chi connectivity index (χ4n) is 2.69. The Morgan fingerprint density at radius 3 is 2.46 bits per heavy atom. The zero-order chi connectivity index (χ0) is 19.0. The van der Waals surface area contributed by atoms with Crippen LogP contribution in [-0.2, 0) is 4.79 Å². The summed E-state index contributed by atoms with van der Waals surface area (Å²) in [6.07, 6.45) is 0.714. The van der Waals surface area contributed by atoms with Crippen LogP contribution in [-0.4, -0.2) is 30.9 Å². The molecule has 2 N–H and O–H groups in total. The van der Waals surface area contributed by atoms with Crippen LogP contribution in [0.25, 0.3) is 0 Å². The average Bonchev–Trinajstić information content (AvgIpc) is 2.65. The Balaban J connectivity index is 1.81. The van der Waals surface area contributed by atoms with Crippen LogP contribution >= 0.6 is 0 Å². The lowest BCUT2D eigenvalue weighted by molar-refractivity contribution is -0.123. The lowest BCUT2D eigenvalue weighted by Crippen LogP contribution is -2.50. The Morgan fingerprint density at radius 2 is 1.77 bits per heavy atom. The highest BCUT2D eigenvalue weighted by molar-refractivity contribution is 5.80. The smallest absolute Gasteiger partial charge is 0.258 e. The molecule has 0 bridgehead atoms. The van der Waals surface area contributed by atoms with Crippen LogP contribution in [0.15, 0.2) is 54.6 Å². The van der Waals surface area contributed by atoms with Gasteiger partial charge in [-0.15, -0.1) is 0 Å². The molecule has 2 aromatic carbocycles. The van der Waals surface area contributed by atoms with Gasteiger partial charge in [-0.3, -0.25) is 9.59 Å². The molecule has 0 aliphatic rings. The number of nitrogens with one attached hydrogen (secondary N) is 2. The van der Waals surface area contributed by atoms with Gasteiger partial charge < -0.3 is 15.4 Å². The normalized spacial score (nSPS) is 12.3. The van der Waals surface area contributed by atoms with Crippen LogP contribution in [0.3, 0.4) is 0 Å². The molecule has 0 aromatic heterocycles. The second kappa shape index (κ2) is 9.15. The quantitative estimate of drug-likeness (QED) is 0.679. The van der Waals surface area contributed by atoms with Gasteiger partial charge in [0.25, 0.3) is 5.91 Å². The molecule has 2 aromatic rings. The van der Waals surface area contributed by atoms with Gasteiger partial charge in [0.15, 0.2) is 12.9 Å². The van der Waals surface area contributed by atoms with Gasteiger partial charge in [-0.2, -0.15) is 0 Å². The Morgan fingerprint density at radius 1 is 1.12 bits per heavy atom. The lowest BCUT2D eigenvalue weighted by atomic mass is 10.0. The molecule has 0 saturated carbocycles.